The van der Waals surface area contributed by atoms with E-state index in [1.807, 2.05) is 10.3 Å². The van der Waals surface area contributed by atoms with Gasteiger partial charge in [0.25, 0.3) is 0 Å². The number of ketones is 1. The van der Waals surface area contributed by atoms with Crippen molar-refractivity contribution in [1.82, 2.24) is 4.90 Å². The van der Waals surface area contributed by atoms with Gasteiger partial charge in [-0.2, -0.15) is 13.2 Å². The third kappa shape index (κ3) is 5.30. The number of carbonyl (C=O) groups is 1. The molecule has 2 aromatic carbocycles. The molecule has 174 valence electrons. The van der Waals surface area contributed by atoms with Crippen molar-refractivity contribution in [1.29, 1.82) is 0 Å². The van der Waals surface area contributed by atoms with Crippen LogP contribution in [0.2, 0.25) is 10.0 Å². The minimum atomic E-state index is -4.50. The molecule has 0 aliphatic carbocycles. The SMILES string of the molecule is Nc1scc(CN2CCN(c3ccc(Cl)c(C(F)(F)F)c3)CC2)c1C(=O)c1ccc(Cl)cc1. The number of nitrogen functional groups attached to an aromatic ring is 1. The molecule has 1 aliphatic heterocycles. The Bertz CT molecular complexity index is 1160. The lowest BCUT2D eigenvalue weighted by atomic mass is 10.0. The molecular formula is C23H20Cl2F3N3OS. The predicted molar refractivity (Wildman–Crippen MR) is 128 cm³/mol. The smallest absolute Gasteiger partial charge is 0.390 e. The van der Waals surface area contributed by atoms with Gasteiger partial charge < -0.3 is 10.6 Å². The van der Waals surface area contributed by atoms with Crippen molar-refractivity contribution in [3.05, 3.63) is 80.1 Å². The lowest BCUT2D eigenvalue weighted by Gasteiger charge is -2.36. The van der Waals surface area contributed by atoms with Crippen LogP contribution in [0, 0.1) is 0 Å². The molecule has 4 rings (SSSR count). The highest BCUT2D eigenvalue weighted by atomic mass is 35.5. The molecule has 0 saturated carbocycles. The molecule has 3 aromatic rings. The minimum absolute atomic E-state index is 0.153. The zero-order chi connectivity index (χ0) is 23.8. The second kappa shape index (κ2) is 9.54. The first-order chi connectivity index (χ1) is 15.6. The van der Waals surface area contributed by atoms with E-state index in [1.54, 1.807) is 30.3 Å². The quantitative estimate of drug-likeness (QED) is 0.412. The Morgan fingerprint density at radius 3 is 2.33 bits per heavy atom. The fourth-order valence-electron chi connectivity index (χ4n) is 3.86. The van der Waals surface area contributed by atoms with Crippen LogP contribution < -0.4 is 10.6 Å². The van der Waals surface area contributed by atoms with E-state index in [9.17, 15) is 18.0 Å². The summed E-state index contributed by atoms with van der Waals surface area (Å²) in [5.41, 5.74) is 7.63. The van der Waals surface area contributed by atoms with Crippen LogP contribution in [-0.2, 0) is 12.7 Å². The van der Waals surface area contributed by atoms with Crippen LogP contribution in [0.5, 0.6) is 0 Å². The van der Waals surface area contributed by atoms with Gasteiger partial charge in [-0.25, -0.2) is 0 Å². The molecule has 2 heterocycles. The summed E-state index contributed by atoms with van der Waals surface area (Å²) >= 11 is 13.0. The first kappa shape index (κ1) is 23.9. The van der Waals surface area contributed by atoms with E-state index in [2.05, 4.69) is 4.90 Å². The number of piperazine rings is 1. The van der Waals surface area contributed by atoms with E-state index in [0.29, 0.717) is 59.6 Å². The fourth-order valence-corrected chi connectivity index (χ4v) is 5.02. The average molecular weight is 514 g/mol. The molecule has 0 atom stereocenters. The molecule has 1 fully saturated rings. The zero-order valence-corrected chi connectivity index (χ0v) is 19.7. The summed E-state index contributed by atoms with van der Waals surface area (Å²) in [6, 6.07) is 10.7. The van der Waals surface area contributed by atoms with E-state index >= 15 is 0 Å². The van der Waals surface area contributed by atoms with Crippen molar-refractivity contribution >= 4 is 51.0 Å². The van der Waals surface area contributed by atoms with Crippen molar-refractivity contribution in [2.24, 2.45) is 0 Å². The Hall–Kier alpha value is -2.26. The molecule has 0 amide bonds. The Kier molecular flexibility index (Phi) is 6.91. The van der Waals surface area contributed by atoms with E-state index in [-0.39, 0.29) is 10.8 Å². The Labute approximate surface area is 203 Å². The van der Waals surface area contributed by atoms with E-state index in [0.717, 1.165) is 11.6 Å². The van der Waals surface area contributed by atoms with Crippen molar-refractivity contribution in [2.45, 2.75) is 12.7 Å². The van der Waals surface area contributed by atoms with Gasteiger partial charge in [-0.15, -0.1) is 11.3 Å². The molecule has 4 nitrogen and oxygen atoms in total. The molecule has 0 unspecified atom stereocenters. The summed E-state index contributed by atoms with van der Waals surface area (Å²) in [6.45, 7) is 2.91. The highest BCUT2D eigenvalue weighted by Crippen LogP contribution is 2.37. The summed E-state index contributed by atoms with van der Waals surface area (Å²) in [5.74, 6) is -0.153. The maximum absolute atomic E-state index is 13.2. The Morgan fingerprint density at radius 1 is 1.03 bits per heavy atom. The lowest BCUT2D eigenvalue weighted by molar-refractivity contribution is -0.137. The van der Waals surface area contributed by atoms with Gasteiger partial charge in [-0.05, 0) is 53.4 Å². The fraction of sp³-hybridized carbons (Fsp3) is 0.261. The van der Waals surface area contributed by atoms with Crippen LogP contribution in [-0.4, -0.2) is 36.9 Å². The predicted octanol–water partition coefficient (Wildman–Crippen LogP) is 6.21. The highest BCUT2D eigenvalue weighted by Gasteiger charge is 2.34. The summed E-state index contributed by atoms with van der Waals surface area (Å²) in [6.07, 6.45) is -4.50. The molecule has 33 heavy (non-hydrogen) atoms. The number of benzene rings is 2. The van der Waals surface area contributed by atoms with Crippen LogP contribution in [0.4, 0.5) is 23.9 Å². The molecule has 0 spiro atoms. The summed E-state index contributed by atoms with van der Waals surface area (Å²) < 4.78 is 39.6. The lowest BCUT2D eigenvalue weighted by Crippen LogP contribution is -2.46. The van der Waals surface area contributed by atoms with E-state index in [1.165, 1.54) is 17.4 Å². The number of hydrogen-bond acceptors (Lipinski definition) is 5. The average Bonchev–Trinajstić information content (AvgIpc) is 3.14. The minimum Gasteiger partial charge on any atom is -0.390 e. The van der Waals surface area contributed by atoms with Gasteiger partial charge in [0.2, 0.25) is 0 Å². The standard InChI is InChI=1S/C23H20Cl2F3N3OS/c24-16-3-1-14(2-4-16)21(32)20-15(13-33-22(20)29)12-30-7-9-31(10-8-30)17-5-6-19(25)18(11-17)23(26,27)28/h1-6,11,13H,7-10,12,29H2. The van der Waals surface area contributed by atoms with Gasteiger partial charge >= 0.3 is 6.18 Å². The van der Waals surface area contributed by atoms with Crippen molar-refractivity contribution in [3.63, 3.8) is 0 Å². The van der Waals surface area contributed by atoms with Gasteiger partial charge in [-0.1, -0.05) is 23.2 Å². The van der Waals surface area contributed by atoms with Crippen LogP contribution in [0.1, 0.15) is 27.0 Å². The van der Waals surface area contributed by atoms with E-state index in [4.69, 9.17) is 28.9 Å². The third-order valence-electron chi connectivity index (χ3n) is 5.62. The van der Waals surface area contributed by atoms with Gasteiger partial charge in [0, 0.05) is 49.0 Å². The third-order valence-corrected chi connectivity index (χ3v) is 7.06. The molecule has 2 N–H and O–H groups in total. The van der Waals surface area contributed by atoms with Crippen LogP contribution in [0.15, 0.2) is 47.8 Å². The number of halogens is 5. The van der Waals surface area contributed by atoms with Crippen molar-refractivity contribution < 1.29 is 18.0 Å². The number of alkyl halides is 3. The topological polar surface area (TPSA) is 49.6 Å². The van der Waals surface area contributed by atoms with Gasteiger partial charge in [0.1, 0.15) is 0 Å². The second-order valence-corrected chi connectivity index (χ2v) is 9.52. The Balaban J connectivity index is 1.44. The first-order valence-electron chi connectivity index (χ1n) is 10.1. The first-order valence-corrected chi connectivity index (χ1v) is 11.8. The van der Waals surface area contributed by atoms with Crippen LogP contribution in [0.25, 0.3) is 0 Å². The number of thiophene rings is 1. The second-order valence-electron chi connectivity index (χ2n) is 7.76. The number of nitrogens with two attached hydrogens (primary N) is 1. The molecule has 0 bridgehead atoms. The summed E-state index contributed by atoms with van der Waals surface area (Å²) in [7, 11) is 0. The van der Waals surface area contributed by atoms with Crippen LogP contribution >= 0.6 is 34.5 Å². The van der Waals surface area contributed by atoms with Crippen molar-refractivity contribution in [2.75, 3.05) is 36.8 Å². The molecule has 10 heteroatoms. The molecule has 1 aromatic heterocycles. The van der Waals surface area contributed by atoms with Crippen molar-refractivity contribution in [3.8, 4) is 0 Å². The largest absolute Gasteiger partial charge is 0.417 e. The number of nitrogens with zero attached hydrogens (tertiary/aromatic N) is 2. The van der Waals surface area contributed by atoms with E-state index < -0.39 is 11.7 Å². The highest BCUT2D eigenvalue weighted by molar-refractivity contribution is 7.14. The maximum Gasteiger partial charge on any atom is 0.417 e. The zero-order valence-electron chi connectivity index (χ0n) is 17.3. The monoisotopic (exact) mass is 513 g/mol. The van der Waals surface area contributed by atoms with Gasteiger partial charge in [0.15, 0.2) is 5.78 Å². The van der Waals surface area contributed by atoms with Gasteiger partial charge in [0.05, 0.1) is 21.2 Å². The number of hydrogen-bond donors (Lipinski definition) is 1. The summed E-state index contributed by atoms with van der Waals surface area (Å²) in [4.78, 5) is 17.1. The molecular weight excluding hydrogens is 494 g/mol. The normalized spacial score (nSPS) is 15.1. The maximum atomic E-state index is 13.2. The number of carbonyl (C=O) groups excluding carboxylic acids is 1. The molecule has 1 aliphatic rings. The molecule has 0 radical (unpaired) electrons. The Morgan fingerprint density at radius 2 is 1.70 bits per heavy atom. The number of anilines is 2. The van der Waals surface area contributed by atoms with Gasteiger partial charge in [-0.3, -0.25) is 9.69 Å². The van der Waals surface area contributed by atoms with Crippen LogP contribution in [0.3, 0.4) is 0 Å². The summed E-state index contributed by atoms with van der Waals surface area (Å²) in [5, 5.41) is 2.59. The molecule has 1 saturated heterocycles. The number of rotatable bonds is 5.